The first kappa shape index (κ1) is 26.3. The van der Waals surface area contributed by atoms with Crippen molar-refractivity contribution >= 4 is 60.5 Å². The molecule has 0 saturated carbocycles. The lowest BCUT2D eigenvalue weighted by Crippen LogP contribution is -2.09. The fraction of sp³-hybridized carbons (Fsp3) is 0. The molecular formula is C44H29NO. The van der Waals surface area contributed by atoms with Crippen LogP contribution in [0.25, 0.3) is 65.7 Å². The van der Waals surface area contributed by atoms with E-state index in [2.05, 4.69) is 169 Å². The van der Waals surface area contributed by atoms with Crippen LogP contribution in [-0.2, 0) is 0 Å². The normalized spacial score (nSPS) is 11.5. The molecule has 0 radical (unpaired) electrons. The number of rotatable bonds is 5. The summed E-state index contributed by atoms with van der Waals surface area (Å²) in [5.41, 5.74) is 10.0. The lowest BCUT2D eigenvalue weighted by molar-refractivity contribution is 0.669. The number of para-hydroxylation sites is 2. The van der Waals surface area contributed by atoms with Crippen LogP contribution in [0.5, 0.6) is 0 Å². The van der Waals surface area contributed by atoms with E-state index >= 15 is 0 Å². The van der Waals surface area contributed by atoms with Crippen molar-refractivity contribution in [1.29, 1.82) is 0 Å². The summed E-state index contributed by atoms with van der Waals surface area (Å²) >= 11 is 0. The summed E-state index contributed by atoms with van der Waals surface area (Å²) in [5, 5.41) is 7.22. The molecule has 46 heavy (non-hydrogen) atoms. The van der Waals surface area contributed by atoms with Crippen LogP contribution < -0.4 is 4.90 Å². The Balaban J connectivity index is 1.09. The number of furan rings is 1. The molecule has 9 rings (SSSR count). The van der Waals surface area contributed by atoms with Gasteiger partial charge >= 0.3 is 0 Å². The first-order valence-electron chi connectivity index (χ1n) is 15.7. The first-order valence-corrected chi connectivity index (χ1v) is 15.7. The minimum absolute atomic E-state index is 0.918. The Bertz CT molecular complexity index is 2520. The zero-order valence-corrected chi connectivity index (χ0v) is 25.1. The summed E-state index contributed by atoms with van der Waals surface area (Å²) in [6.07, 6.45) is 0. The maximum atomic E-state index is 6.06. The van der Waals surface area contributed by atoms with Gasteiger partial charge in [-0.2, -0.15) is 0 Å². The molecule has 0 saturated heterocycles. The molecule has 216 valence electrons. The molecule has 9 aromatic rings. The molecule has 2 nitrogen and oxygen atoms in total. The minimum atomic E-state index is 0.918. The van der Waals surface area contributed by atoms with Crippen LogP contribution in [0.15, 0.2) is 180 Å². The second-order valence-corrected chi connectivity index (χ2v) is 11.8. The molecule has 1 aromatic heterocycles. The van der Waals surface area contributed by atoms with E-state index in [1.807, 2.05) is 12.1 Å². The van der Waals surface area contributed by atoms with Crippen LogP contribution in [0.3, 0.4) is 0 Å². The third-order valence-electron chi connectivity index (χ3n) is 9.03. The number of hydrogen-bond acceptors (Lipinski definition) is 2. The molecule has 0 unspecified atom stereocenters. The molecule has 0 bridgehead atoms. The molecule has 0 aliphatic rings. The SMILES string of the molecule is c1ccc(N(c2ccc(-c3cccc4ccccc34)cc2)c2ccc3cc(-c4ccc5oc6ccccc6c5c4)ccc3c2)cc1. The van der Waals surface area contributed by atoms with Gasteiger partial charge in [-0.1, -0.05) is 115 Å². The Kier molecular flexibility index (Phi) is 6.17. The molecule has 0 fully saturated rings. The monoisotopic (exact) mass is 587 g/mol. The largest absolute Gasteiger partial charge is 0.456 e. The Morgan fingerprint density at radius 3 is 1.83 bits per heavy atom. The van der Waals surface area contributed by atoms with Gasteiger partial charge < -0.3 is 9.32 Å². The van der Waals surface area contributed by atoms with Crippen LogP contribution in [0, 0.1) is 0 Å². The fourth-order valence-electron chi connectivity index (χ4n) is 6.75. The van der Waals surface area contributed by atoms with Gasteiger partial charge in [0.2, 0.25) is 0 Å². The van der Waals surface area contributed by atoms with Crippen molar-refractivity contribution in [3.63, 3.8) is 0 Å². The van der Waals surface area contributed by atoms with Gasteiger partial charge in [0.25, 0.3) is 0 Å². The topological polar surface area (TPSA) is 16.4 Å². The number of fused-ring (bicyclic) bond motifs is 5. The molecular weight excluding hydrogens is 558 g/mol. The average molecular weight is 588 g/mol. The smallest absolute Gasteiger partial charge is 0.135 e. The number of anilines is 3. The van der Waals surface area contributed by atoms with Crippen molar-refractivity contribution in [3.05, 3.63) is 176 Å². The molecule has 0 spiro atoms. The van der Waals surface area contributed by atoms with Crippen LogP contribution in [0.1, 0.15) is 0 Å². The zero-order chi connectivity index (χ0) is 30.5. The maximum Gasteiger partial charge on any atom is 0.135 e. The van der Waals surface area contributed by atoms with E-state index in [1.54, 1.807) is 0 Å². The highest BCUT2D eigenvalue weighted by molar-refractivity contribution is 6.06. The highest BCUT2D eigenvalue weighted by Gasteiger charge is 2.14. The minimum Gasteiger partial charge on any atom is -0.456 e. The number of hydrogen-bond donors (Lipinski definition) is 0. The fourth-order valence-corrected chi connectivity index (χ4v) is 6.75. The van der Waals surface area contributed by atoms with Crippen molar-refractivity contribution in [2.24, 2.45) is 0 Å². The predicted molar refractivity (Wildman–Crippen MR) is 194 cm³/mol. The van der Waals surface area contributed by atoms with E-state index in [1.165, 1.54) is 43.8 Å². The van der Waals surface area contributed by atoms with Gasteiger partial charge in [-0.05, 0) is 104 Å². The van der Waals surface area contributed by atoms with Crippen LogP contribution in [-0.4, -0.2) is 0 Å². The highest BCUT2D eigenvalue weighted by Crippen LogP contribution is 2.39. The molecule has 0 atom stereocenters. The molecule has 2 heteroatoms. The summed E-state index contributed by atoms with van der Waals surface area (Å²) in [6.45, 7) is 0. The van der Waals surface area contributed by atoms with Gasteiger partial charge in [-0.3, -0.25) is 0 Å². The van der Waals surface area contributed by atoms with Crippen molar-refractivity contribution in [3.8, 4) is 22.3 Å². The summed E-state index contributed by atoms with van der Waals surface area (Å²) in [5.74, 6) is 0. The van der Waals surface area contributed by atoms with Gasteiger partial charge in [-0.25, -0.2) is 0 Å². The number of benzene rings is 8. The van der Waals surface area contributed by atoms with E-state index in [0.29, 0.717) is 0 Å². The first-order chi connectivity index (χ1) is 22.8. The standard InChI is InChI=1S/C44H29NO/c1-2-11-36(12-3-1)45(37-23-19-31(20-24-37)40-15-8-10-30-9-4-5-13-39(30)40)38-25-21-33-27-32(17-18-34(33)28-38)35-22-26-44-42(29-35)41-14-6-7-16-43(41)46-44/h1-29H. The molecule has 0 aliphatic heterocycles. The summed E-state index contributed by atoms with van der Waals surface area (Å²) < 4.78 is 6.06. The van der Waals surface area contributed by atoms with Crippen molar-refractivity contribution < 1.29 is 4.42 Å². The lowest BCUT2D eigenvalue weighted by Gasteiger charge is -2.26. The van der Waals surface area contributed by atoms with Crippen LogP contribution >= 0.6 is 0 Å². The molecule has 8 aromatic carbocycles. The second kappa shape index (κ2) is 10.8. The summed E-state index contributed by atoms with van der Waals surface area (Å²) in [7, 11) is 0. The van der Waals surface area contributed by atoms with Crippen molar-refractivity contribution in [2.45, 2.75) is 0 Å². The van der Waals surface area contributed by atoms with Gasteiger partial charge in [0.1, 0.15) is 11.2 Å². The zero-order valence-electron chi connectivity index (χ0n) is 25.1. The van der Waals surface area contributed by atoms with Crippen LogP contribution in [0.2, 0.25) is 0 Å². The number of nitrogens with zero attached hydrogens (tertiary/aromatic N) is 1. The van der Waals surface area contributed by atoms with E-state index in [4.69, 9.17) is 4.42 Å². The second-order valence-electron chi connectivity index (χ2n) is 11.8. The van der Waals surface area contributed by atoms with E-state index in [-0.39, 0.29) is 0 Å². The van der Waals surface area contributed by atoms with E-state index in [9.17, 15) is 0 Å². The molecule has 0 N–H and O–H groups in total. The highest BCUT2D eigenvalue weighted by atomic mass is 16.3. The van der Waals surface area contributed by atoms with Gasteiger partial charge in [0.05, 0.1) is 0 Å². The quantitative estimate of drug-likeness (QED) is 0.199. The molecule has 0 aliphatic carbocycles. The van der Waals surface area contributed by atoms with Crippen LogP contribution in [0.4, 0.5) is 17.1 Å². The van der Waals surface area contributed by atoms with E-state index < -0.39 is 0 Å². The predicted octanol–water partition coefficient (Wildman–Crippen LogP) is 12.7. The summed E-state index contributed by atoms with van der Waals surface area (Å²) in [6, 6.07) is 62.8. The third-order valence-corrected chi connectivity index (χ3v) is 9.03. The summed E-state index contributed by atoms with van der Waals surface area (Å²) in [4.78, 5) is 2.33. The van der Waals surface area contributed by atoms with Gasteiger partial charge in [-0.15, -0.1) is 0 Å². The Morgan fingerprint density at radius 2 is 0.935 bits per heavy atom. The van der Waals surface area contributed by atoms with Gasteiger partial charge in [0, 0.05) is 27.8 Å². The Morgan fingerprint density at radius 1 is 0.326 bits per heavy atom. The molecule has 1 heterocycles. The maximum absolute atomic E-state index is 6.06. The van der Waals surface area contributed by atoms with Crippen molar-refractivity contribution in [2.75, 3.05) is 4.90 Å². The Hall–Kier alpha value is -6.12. The molecule has 0 amide bonds. The average Bonchev–Trinajstić information content (AvgIpc) is 3.50. The van der Waals surface area contributed by atoms with E-state index in [0.717, 1.165) is 39.0 Å². The van der Waals surface area contributed by atoms with Gasteiger partial charge in [0.15, 0.2) is 0 Å². The van der Waals surface area contributed by atoms with Crippen molar-refractivity contribution in [1.82, 2.24) is 0 Å². The third kappa shape index (κ3) is 4.51. The lowest BCUT2D eigenvalue weighted by atomic mass is 9.98. The Labute approximate surface area is 267 Å².